The van der Waals surface area contributed by atoms with Gasteiger partial charge in [0.15, 0.2) is 0 Å². The van der Waals surface area contributed by atoms with Crippen molar-refractivity contribution in [1.82, 2.24) is 9.78 Å². The second kappa shape index (κ2) is 7.26. The Kier molecular flexibility index (Phi) is 4.66. The summed E-state index contributed by atoms with van der Waals surface area (Å²) in [5, 5.41) is 7.38. The average molecular weight is 365 g/mol. The van der Waals surface area contributed by atoms with E-state index in [0.717, 1.165) is 31.9 Å². The van der Waals surface area contributed by atoms with Crippen LogP contribution in [0.4, 0.5) is 17.1 Å². The molecule has 0 unspecified atom stereocenters. The number of hydrogen-bond donors (Lipinski definition) is 1. The van der Waals surface area contributed by atoms with Crippen molar-refractivity contribution in [1.29, 1.82) is 0 Å². The Labute approximate surface area is 157 Å². The number of nitrogens with one attached hydrogen (secondary N) is 1. The van der Waals surface area contributed by atoms with Crippen molar-refractivity contribution in [2.75, 3.05) is 47.8 Å². The Morgan fingerprint density at radius 1 is 0.963 bits per heavy atom. The van der Waals surface area contributed by atoms with Crippen LogP contribution in [-0.4, -0.2) is 42.5 Å². The summed E-state index contributed by atoms with van der Waals surface area (Å²) in [6.45, 7) is 6.31. The predicted octanol–water partition coefficient (Wildman–Crippen LogP) is 1.23. The molecule has 140 valence electrons. The van der Waals surface area contributed by atoms with Gasteiger partial charge in [0.2, 0.25) is 0 Å². The fourth-order valence-electron chi connectivity index (χ4n) is 3.59. The lowest BCUT2D eigenvalue weighted by Crippen LogP contribution is -2.51. The van der Waals surface area contributed by atoms with E-state index < -0.39 is 5.43 Å². The minimum atomic E-state index is -0.410. The van der Waals surface area contributed by atoms with E-state index in [2.05, 4.69) is 27.4 Å². The summed E-state index contributed by atoms with van der Waals surface area (Å²) in [5.74, 6) is 0. The van der Waals surface area contributed by atoms with Crippen LogP contribution in [0.25, 0.3) is 0 Å². The third-order valence-corrected chi connectivity index (χ3v) is 5.16. The number of benzene rings is 1. The number of hydrogen-bond acceptors (Lipinski definition) is 6. The Morgan fingerprint density at radius 2 is 1.67 bits per heavy atom. The molecular formula is C20H23N5O2. The molecule has 4 rings (SSSR count). The first-order valence-electron chi connectivity index (χ1n) is 9.25. The number of aryl methyl sites for hydroxylation is 1. The normalized spacial score (nSPS) is 14.7. The number of rotatable bonds is 6. The molecule has 2 aromatic carbocycles. The molecule has 1 aliphatic heterocycles. The van der Waals surface area contributed by atoms with Crippen LogP contribution in [0.5, 0.6) is 0 Å². The highest BCUT2D eigenvalue weighted by Crippen LogP contribution is 2.23. The Morgan fingerprint density at radius 3 is 2.33 bits per heavy atom. The Balaban J connectivity index is 1.39. The van der Waals surface area contributed by atoms with Gasteiger partial charge in [-0.2, -0.15) is 5.10 Å². The van der Waals surface area contributed by atoms with Gasteiger partial charge in [-0.3, -0.25) is 14.3 Å². The van der Waals surface area contributed by atoms with Crippen LogP contribution in [0.15, 0.2) is 52.2 Å². The molecule has 1 aromatic heterocycles. The second-order valence-electron chi connectivity index (χ2n) is 6.81. The van der Waals surface area contributed by atoms with E-state index >= 15 is 0 Å². The lowest BCUT2D eigenvalue weighted by atomic mass is 10.1. The first-order valence-corrected chi connectivity index (χ1v) is 9.25. The molecule has 27 heavy (non-hydrogen) atoms. The van der Waals surface area contributed by atoms with Crippen molar-refractivity contribution >= 4 is 17.1 Å². The third kappa shape index (κ3) is 3.32. The van der Waals surface area contributed by atoms with Crippen LogP contribution in [0.1, 0.15) is 5.69 Å². The molecule has 0 saturated carbocycles. The number of piperazine rings is 1. The lowest BCUT2D eigenvalue weighted by molar-refractivity contribution is 0.618. The highest BCUT2D eigenvalue weighted by atomic mass is 16.2. The second-order valence-corrected chi connectivity index (χ2v) is 6.81. The smallest absolute Gasteiger partial charge is 0.253 e. The third-order valence-electron chi connectivity index (χ3n) is 5.16. The number of nitrogens with zero attached hydrogens (tertiary/aromatic N) is 4. The van der Waals surface area contributed by atoms with Crippen molar-refractivity contribution in [2.45, 2.75) is 13.5 Å². The summed E-state index contributed by atoms with van der Waals surface area (Å²) in [4.78, 5) is 28.5. The first kappa shape index (κ1) is 17.3. The van der Waals surface area contributed by atoms with Crippen molar-refractivity contribution in [3.8, 4) is 0 Å². The maximum absolute atomic E-state index is 12.1. The standard InChI is InChI=1S/C20H23N5O2/c1-15-7-8-22-25(15)10-9-21-17-18(20(27)19(17)26)24-13-11-23(12-14-24)16-5-3-2-4-6-16/h2-8,21H,9-14H2,1H3. The molecule has 1 aliphatic rings. The molecule has 0 aliphatic carbocycles. The quantitative estimate of drug-likeness (QED) is 0.663. The van der Waals surface area contributed by atoms with Crippen LogP contribution < -0.4 is 26.0 Å². The van der Waals surface area contributed by atoms with Gasteiger partial charge >= 0.3 is 0 Å². The van der Waals surface area contributed by atoms with Crippen molar-refractivity contribution in [3.05, 3.63) is 68.7 Å². The summed E-state index contributed by atoms with van der Waals surface area (Å²) in [6, 6.07) is 12.2. The van der Waals surface area contributed by atoms with Crippen LogP contribution in [0, 0.1) is 6.92 Å². The van der Waals surface area contributed by atoms with Gasteiger partial charge in [-0.1, -0.05) is 18.2 Å². The minimum Gasteiger partial charge on any atom is -0.378 e. The molecule has 0 atom stereocenters. The van der Waals surface area contributed by atoms with Gasteiger partial charge in [-0.25, -0.2) is 0 Å². The molecule has 1 N–H and O–H groups in total. The van der Waals surface area contributed by atoms with Crippen LogP contribution in [0.2, 0.25) is 0 Å². The van der Waals surface area contributed by atoms with Gasteiger partial charge in [-0.05, 0) is 25.1 Å². The zero-order valence-electron chi connectivity index (χ0n) is 15.4. The van der Waals surface area contributed by atoms with Crippen molar-refractivity contribution < 1.29 is 0 Å². The van der Waals surface area contributed by atoms with E-state index in [9.17, 15) is 9.59 Å². The lowest BCUT2D eigenvalue weighted by Gasteiger charge is -2.38. The van der Waals surface area contributed by atoms with Gasteiger partial charge < -0.3 is 15.1 Å². The van der Waals surface area contributed by atoms with E-state index in [1.165, 1.54) is 5.69 Å². The van der Waals surface area contributed by atoms with Crippen molar-refractivity contribution in [2.24, 2.45) is 0 Å². The van der Waals surface area contributed by atoms with Crippen LogP contribution in [0.3, 0.4) is 0 Å². The number of para-hydroxylation sites is 1. The maximum atomic E-state index is 12.1. The topological polar surface area (TPSA) is 70.5 Å². The van der Waals surface area contributed by atoms with Gasteiger partial charge in [-0.15, -0.1) is 0 Å². The largest absolute Gasteiger partial charge is 0.378 e. The van der Waals surface area contributed by atoms with Crippen molar-refractivity contribution in [3.63, 3.8) is 0 Å². The molecule has 0 radical (unpaired) electrons. The molecule has 7 heteroatoms. The minimum absolute atomic E-state index is 0.374. The van der Waals surface area contributed by atoms with Gasteiger partial charge in [0.05, 0.1) is 6.54 Å². The van der Waals surface area contributed by atoms with E-state index in [4.69, 9.17) is 0 Å². The summed E-state index contributed by atoms with van der Waals surface area (Å²) in [7, 11) is 0. The van der Waals surface area contributed by atoms with E-state index in [1.54, 1.807) is 6.20 Å². The molecule has 0 spiro atoms. The van der Waals surface area contributed by atoms with Gasteiger partial charge in [0.1, 0.15) is 11.4 Å². The fraction of sp³-hybridized carbons (Fsp3) is 0.350. The molecule has 3 aromatic rings. The van der Waals surface area contributed by atoms with Gasteiger partial charge in [0, 0.05) is 50.3 Å². The number of anilines is 3. The predicted molar refractivity (Wildman–Crippen MR) is 108 cm³/mol. The van der Waals surface area contributed by atoms with E-state index in [1.807, 2.05) is 40.8 Å². The summed E-state index contributed by atoms with van der Waals surface area (Å²) >= 11 is 0. The Hall–Kier alpha value is -3.09. The molecule has 0 amide bonds. The van der Waals surface area contributed by atoms with Crippen LogP contribution in [-0.2, 0) is 6.54 Å². The zero-order valence-corrected chi connectivity index (χ0v) is 15.4. The SMILES string of the molecule is Cc1ccnn1CCNc1c(N2CCN(c3ccccc3)CC2)c(=O)c1=O. The maximum Gasteiger partial charge on any atom is 0.253 e. The zero-order chi connectivity index (χ0) is 18.8. The summed E-state index contributed by atoms with van der Waals surface area (Å²) in [6.07, 6.45) is 1.75. The molecule has 1 saturated heterocycles. The average Bonchev–Trinajstić information content (AvgIpc) is 3.12. The fourth-order valence-corrected chi connectivity index (χ4v) is 3.59. The van der Waals surface area contributed by atoms with Gasteiger partial charge in [0.25, 0.3) is 10.9 Å². The van der Waals surface area contributed by atoms with Crippen LogP contribution >= 0.6 is 0 Å². The molecule has 7 nitrogen and oxygen atoms in total. The summed E-state index contributed by atoms with van der Waals surface area (Å²) < 4.78 is 1.87. The van der Waals surface area contributed by atoms with E-state index in [0.29, 0.717) is 24.5 Å². The number of aromatic nitrogens is 2. The van der Waals surface area contributed by atoms with E-state index in [-0.39, 0.29) is 5.43 Å². The highest BCUT2D eigenvalue weighted by Gasteiger charge is 2.28. The highest BCUT2D eigenvalue weighted by molar-refractivity contribution is 5.75. The molecule has 1 fully saturated rings. The molecule has 2 heterocycles. The molecule has 0 bridgehead atoms. The first-order chi connectivity index (χ1) is 13.1. The Bertz CT molecular complexity index is 980. The monoisotopic (exact) mass is 365 g/mol. The molecular weight excluding hydrogens is 342 g/mol. The summed E-state index contributed by atoms with van der Waals surface area (Å²) in [5.41, 5.74) is 2.48.